The van der Waals surface area contributed by atoms with E-state index in [1.54, 1.807) is 0 Å². The predicted octanol–water partition coefficient (Wildman–Crippen LogP) is 2.45. The minimum Gasteiger partial charge on any atom is -0.465 e. The Morgan fingerprint density at radius 2 is 2.05 bits per heavy atom. The maximum Gasteiger partial charge on any atom is 0.118 e. The molecule has 0 aliphatic carbocycles. The van der Waals surface area contributed by atoms with E-state index in [2.05, 4.69) is 30.1 Å². The zero-order valence-electron chi connectivity index (χ0n) is 12.7. The highest BCUT2D eigenvalue weighted by molar-refractivity contribution is 5.20. The first-order valence-corrected chi connectivity index (χ1v) is 7.91. The van der Waals surface area contributed by atoms with Crippen molar-refractivity contribution in [1.82, 2.24) is 10.2 Å². The Morgan fingerprint density at radius 1 is 1.30 bits per heavy atom. The predicted molar refractivity (Wildman–Crippen MR) is 78.6 cm³/mol. The number of furan rings is 1. The summed E-state index contributed by atoms with van der Waals surface area (Å²) < 4.78 is 11.8. The number of ether oxygens (including phenoxy) is 1. The second-order valence-corrected chi connectivity index (χ2v) is 6.12. The molecule has 112 valence electrons. The third-order valence-corrected chi connectivity index (χ3v) is 4.31. The molecule has 1 N–H and O–H groups in total. The molecular formula is C16H26N2O2. The average Bonchev–Trinajstić information content (AvgIpc) is 2.93. The van der Waals surface area contributed by atoms with Crippen LogP contribution in [0, 0.1) is 6.92 Å². The number of morpholine rings is 1. The Morgan fingerprint density at radius 3 is 2.75 bits per heavy atom. The molecule has 0 amide bonds. The van der Waals surface area contributed by atoms with Crippen LogP contribution in [-0.2, 0) is 17.8 Å². The van der Waals surface area contributed by atoms with Crippen LogP contribution in [-0.4, -0.2) is 36.7 Å². The third-order valence-electron chi connectivity index (χ3n) is 4.31. The molecule has 4 heteroatoms. The summed E-state index contributed by atoms with van der Waals surface area (Å²) in [5.74, 6) is 2.15. The molecule has 3 heterocycles. The van der Waals surface area contributed by atoms with Crippen molar-refractivity contribution in [2.75, 3.05) is 19.6 Å². The van der Waals surface area contributed by atoms with E-state index in [-0.39, 0.29) is 0 Å². The highest BCUT2D eigenvalue weighted by atomic mass is 16.5. The van der Waals surface area contributed by atoms with Gasteiger partial charge in [0, 0.05) is 25.2 Å². The molecule has 0 aromatic carbocycles. The van der Waals surface area contributed by atoms with Crippen molar-refractivity contribution in [3.8, 4) is 0 Å². The summed E-state index contributed by atoms with van der Waals surface area (Å²) in [4.78, 5) is 2.48. The fraction of sp³-hybridized carbons (Fsp3) is 0.750. The Kier molecular flexibility index (Phi) is 4.44. The second kappa shape index (κ2) is 6.29. The number of nitrogens with zero attached hydrogens (tertiary/aromatic N) is 1. The van der Waals surface area contributed by atoms with E-state index < -0.39 is 0 Å². The van der Waals surface area contributed by atoms with Crippen LogP contribution in [0.2, 0.25) is 0 Å². The van der Waals surface area contributed by atoms with E-state index in [0.29, 0.717) is 12.2 Å². The van der Waals surface area contributed by atoms with Gasteiger partial charge in [0.1, 0.15) is 11.5 Å². The molecule has 4 nitrogen and oxygen atoms in total. The highest BCUT2D eigenvalue weighted by Crippen LogP contribution is 2.27. The first kappa shape index (κ1) is 14.1. The number of nitrogens with one attached hydrogen (secondary N) is 1. The third kappa shape index (κ3) is 3.25. The molecule has 1 aromatic heterocycles. The highest BCUT2D eigenvalue weighted by Gasteiger charge is 2.33. The van der Waals surface area contributed by atoms with Crippen LogP contribution in [0.4, 0.5) is 0 Å². The maximum absolute atomic E-state index is 5.92. The smallest absolute Gasteiger partial charge is 0.118 e. The van der Waals surface area contributed by atoms with Crippen LogP contribution < -0.4 is 5.32 Å². The van der Waals surface area contributed by atoms with Crippen LogP contribution >= 0.6 is 0 Å². The molecule has 2 fully saturated rings. The number of rotatable bonds is 6. The number of aryl methyl sites for hydroxylation is 1. The number of hydrogen-bond donors (Lipinski definition) is 1. The van der Waals surface area contributed by atoms with Crippen molar-refractivity contribution in [2.24, 2.45) is 0 Å². The van der Waals surface area contributed by atoms with Gasteiger partial charge in [-0.25, -0.2) is 0 Å². The van der Waals surface area contributed by atoms with E-state index in [9.17, 15) is 0 Å². The lowest BCUT2D eigenvalue weighted by molar-refractivity contribution is -0.0427. The van der Waals surface area contributed by atoms with Crippen molar-refractivity contribution in [1.29, 1.82) is 0 Å². The molecule has 0 saturated carbocycles. The topological polar surface area (TPSA) is 37.6 Å². The number of hydrogen-bond acceptors (Lipinski definition) is 4. The number of likely N-dealkylation sites (tertiary alicyclic amines) is 1. The van der Waals surface area contributed by atoms with Gasteiger partial charge in [0.25, 0.3) is 0 Å². The van der Waals surface area contributed by atoms with E-state index in [1.807, 2.05) is 0 Å². The Balaban J connectivity index is 1.56. The van der Waals surface area contributed by atoms with E-state index in [0.717, 1.165) is 44.2 Å². The quantitative estimate of drug-likeness (QED) is 0.811. The lowest BCUT2D eigenvalue weighted by Crippen LogP contribution is -2.41. The van der Waals surface area contributed by atoms with Gasteiger partial charge < -0.3 is 14.5 Å². The largest absolute Gasteiger partial charge is 0.465 e. The van der Waals surface area contributed by atoms with Crippen molar-refractivity contribution >= 4 is 0 Å². The molecule has 0 radical (unpaired) electrons. The van der Waals surface area contributed by atoms with Gasteiger partial charge in [-0.05, 0) is 38.8 Å². The lowest BCUT2D eigenvalue weighted by atomic mass is 10.2. The molecule has 3 rings (SSSR count). The van der Waals surface area contributed by atoms with E-state index >= 15 is 0 Å². The molecule has 0 spiro atoms. The van der Waals surface area contributed by atoms with Crippen molar-refractivity contribution in [3.05, 3.63) is 23.2 Å². The van der Waals surface area contributed by atoms with Gasteiger partial charge in [-0.3, -0.25) is 4.90 Å². The van der Waals surface area contributed by atoms with Gasteiger partial charge in [0.2, 0.25) is 0 Å². The summed E-state index contributed by atoms with van der Waals surface area (Å²) in [6.07, 6.45) is 4.53. The van der Waals surface area contributed by atoms with Crippen molar-refractivity contribution < 1.29 is 9.15 Å². The minimum atomic E-state index is 0.454. The molecule has 2 atom stereocenters. The fourth-order valence-electron chi connectivity index (χ4n) is 3.29. The van der Waals surface area contributed by atoms with Crippen molar-refractivity contribution in [3.63, 3.8) is 0 Å². The van der Waals surface area contributed by atoms with Gasteiger partial charge in [0.15, 0.2) is 0 Å². The van der Waals surface area contributed by atoms with Gasteiger partial charge in [-0.2, -0.15) is 0 Å². The van der Waals surface area contributed by atoms with Crippen LogP contribution in [0.5, 0.6) is 0 Å². The normalized spacial score (nSPS) is 26.3. The molecule has 2 unspecified atom stereocenters. The zero-order valence-corrected chi connectivity index (χ0v) is 12.7. The van der Waals surface area contributed by atoms with Gasteiger partial charge in [-0.15, -0.1) is 0 Å². The number of fused-ring (bicyclic) bond motifs is 2. The summed E-state index contributed by atoms with van der Waals surface area (Å²) in [5, 5.41) is 3.44. The molecular weight excluding hydrogens is 252 g/mol. The molecule has 2 aliphatic rings. The minimum absolute atomic E-state index is 0.454. The first-order chi connectivity index (χ1) is 9.74. The van der Waals surface area contributed by atoms with Crippen LogP contribution in [0.25, 0.3) is 0 Å². The molecule has 1 aromatic rings. The molecule has 20 heavy (non-hydrogen) atoms. The van der Waals surface area contributed by atoms with Gasteiger partial charge in [0.05, 0.1) is 18.8 Å². The Labute approximate surface area is 121 Å². The van der Waals surface area contributed by atoms with Crippen LogP contribution in [0.1, 0.15) is 43.3 Å². The summed E-state index contributed by atoms with van der Waals surface area (Å²) in [5.41, 5.74) is 1.30. The molecule has 2 bridgehead atoms. The SMILES string of the molecule is CCCNCc1cc(CN2CC3CCC(C2)O3)oc1C. The summed E-state index contributed by atoms with van der Waals surface area (Å²) in [6.45, 7) is 9.26. The lowest BCUT2D eigenvalue weighted by Gasteiger charge is -2.31. The Hall–Kier alpha value is -0.840. The second-order valence-electron chi connectivity index (χ2n) is 6.12. The first-order valence-electron chi connectivity index (χ1n) is 7.91. The van der Waals surface area contributed by atoms with Gasteiger partial charge in [-0.1, -0.05) is 6.92 Å². The van der Waals surface area contributed by atoms with Crippen LogP contribution in [0.15, 0.2) is 10.5 Å². The van der Waals surface area contributed by atoms with E-state index in [4.69, 9.17) is 9.15 Å². The zero-order chi connectivity index (χ0) is 13.9. The summed E-state index contributed by atoms with van der Waals surface area (Å²) in [6, 6.07) is 2.22. The van der Waals surface area contributed by atoms with Crippen molar-refractivity contribution in [2.45, 2.75) is 58.4 Å². The van der Waals surface area contributed by atoms with E-state index in [1.165, 1.54) is 24.8 Å². The summed E-state index contributed by atoms with van der Waals surface area (Å²) in [7, 11) is 0. The van der Waals surface area contributed by atoms with Crippen LogP contribution in [0.3, 0.4) is 0 Å². The monoisotopic (exact) mass is 278 g/mol. The standard InChI is InChI=1S/C16H26N2O2/c1-3-6-17-8-13-7-16(19-12(13)2)11-18-9-14-4-5-15(10-18)20-14/h7,14-15,17H,3-6,8-11H2,1-2H3. The molecule has 2 saturated heterocycles. The van der Waals surface area contributed by atoms with Gasteiger partial charge >= 0.3 is 0 Å². The maximum atomic E-state index is 5.92. The summed E-state index contributed by atoms with van der Waals surface area (Å²) >= 11 is 0. The fourth-order valence-corrected chi connectivity index (χ4v) is 3.29. The Bertz CT molecular complexity index is 432. The average molecular weight is 278 g/mol. The molecule has 2 aliphatic heterocycles.